The van der Waals surface area contributed by atoms with Crippen LogP contribution in [0.4, 0.5) is 0 Å². The van der Waals surface area contributed by atoms with Gasteiger partial charge in [0.15, 0.2) is 5.76 Å². The molecule has 44 heavy (non-hydrogen) atoms. The molecule has 0 unspecified atom stereocenters. The maximum atomic E-state index is 14.0. The van der Waals surface area contributed by atoms with Crippen LogP contribution >= 0.6 is 34.8 Å². The molecule has 240 valence electrons. The third-order valence-corrected chi connectivity index (χ3v) is 12.6. The molecule has 0 radical (unpaired) electrons. The number of carbonyl (C=O) groups is 3. The number of hydrogen-bond acceptors (Lipinski definition) is 7. The summed E-state index contributed by atoms with van der Waals surface area (Å²) in [5.74, 6) is -2.53. The van der Waals surface area contributed by atoms with Gasteiger partial charge in [0.05, 0.1) is 6.61 Å². The normalized spacial score (nSPS) is 16.5. The summed E-state index contributed by atoms with van der Waals surface area (Å²) < 4.78 is 10.3. The van der Waals surface area contributed by atoms with Crippen molar-refractivity contribution in [2.75, 3.05) is 19.8 Å². The largest absolute Gasteiger partial charge is 0.503 e. The molecule has 2 atom stereocenters. The van der Waals surface area contributed by atoms with Crippen LogP contribution < -0.4 is 21.1 Å². The third kappa shape index (κ3) is 8.99. The summed E-state index contributed by atoms with van der Waals surface area (Å²) >= 11 is 17.2. The van der Waals surface area contributed by atoms with Gasteiger partial charge in [-0.25, -0.2) is 5.43 Å². The number of rotatable bonds is 10. The summed E-state index contributed by atoms with van der Waals surface area (Å²) in [7, 11) is -3.10. The van der Waals surface area contributed by atoms with E-state index in [0.717, 1.165) is 10.4 Å². The fourth-order valence-electron chi connectivity index (χ4n) is 5.16. The van der Waals surface area contributed by atoms with Crippen LogP contribution in [0.3, 0.4) is 0 Å². The smallest absolute Gasteiger partial charge is 0.325 e. The topological polar surface area (TPSA) is 117 Å². The van der Waals surface area contributed by atoms with E-state index in [9.17, 15) is 19.5 Å². The number of aliphatic hydroxyl groups is 1. The highest BCUT2D eigenvalue weighted by atomic mass is 35.6. The third-order valence-electron chi connectivity index (χ3n) is 7.29. The SMILES string of the molecule is CC(C)=C(O)C(=O)N[C@@H](CO[Si](c1ccccc1)(c1ccccc1)C(C)(C)C)C(=O)N1CCC[C@@H](C(=O)OCC(Cl)(Cl)Cl)N1. The number of nitrogens with one attached hydrogen (secondary N) is 2. The maximum Gasteiger partial charge on any atom is 0.325 e. The number of nitrogens with zero attached hydrogens (tertiary/aromatic N) is 1. The van der Waals surface area contributed by atoms with Crippen LogP contribution in [0.15, 0.2) is 72.0 Å². The van der Waals surface area contributed by atoms with Gasteiger partial charge in [-0.1, -0.05) is 116 Å². The van der Waals surface area contributed by atoms with Gasteiger partial charge >= 0.3 is 5.97 Å². The predicted octanol–water partition coefficient (Wildman–Crippen LogP) is 4.31. The molecule has 0 bridgehead atoms. The molecule has 2 aromatic carbocycles. The van der Waals surface area contributed by atoms with Gasteiger partial charge in [-0.15, -0.1) is 0 Å². The number of alkyl halides is 3. The second-order valence-corrected chi connectivity index (χ2v) is 18.7. The molecule has 3 rings (SSSR count). The highest BCUT2D eigenvalue weighted by molar-refractivity contribution is 6.99. The Morgan fingerprint density at radius 3 is 2.05 bits per heavy atom. The van der Waals surface area contributed by atoms with Gasteiger partial charge < -0.3 is 19.6 Å². The Morgan fingerprint density at radius 2 is 1.57 bits per heavy atom. The minimum absolute atomic E-state index is 0.200. The van der Waals surface area contributed by atoms with E-state index in [1.807, 2.05) is 60.7 Å². The van der Waals surface area contributed by atoms with Crippen LogP contribution in [0.25, 0.3) is 0 Å². The minimum atomic E-state index is -3.10. The van der Waals surface area contributed by atoms with E-state index in [-0.39, 0.29) is 13.2 Å². The van der Waals surface area contributed by atoms with Crippen LogP contribution in [-0.2, 0) is 23.5 Å². The van der Waals surface area contributed by atoms with Crippen LogP contribution in [0, 0.1) is 0 Å². The lowest BCUT2D eigenvalue weighted by Crippen LogP contribution is -2.68. The van der Waals surface area contributed by atoms with E-state index in [1.165, 1.54) is 5.01 Å². The highest BCUT2D eigenvalue weighted by Crippen LogP contribution is 2.37. The molecule has 13 heteroatoms. The zero-order valence-electron chi connectivity index (χ0n) is 25.5. The summed E-state index contributed by atoms with van der Waals surface area (Å²) in [4.78, 5) is 39.7. The van der Waals surface area contributed by atoms with Crippen molar-refractivity contribution < 1.29 is 28.7 Å². The predicted molar refractivity (Wildman–Crippen MR) is 176 cm³/mol. The number of aliphatic hydroxyl groups excluding tert-OH is 1. The number of ether oxygens (including phenoxy) is 1. The van der Waals surface area contributed by atoms with E-state index in [0.29, 0.717) is 18.4 Å². The summed E-state index contributed by atoms with van der Waals surface area (Å²) in [6.45, 7) is 9.08. The van der Waals surface area contributed by atoms with Gasteiger partial charge in [0.1, 0.15) is 18.7 Å². The number of hydrazine groups is 1. The Bertz CT molecular complexity index is 1290. The van der Waals surface area contributed by atoms with Crippen molar-refractivity contribution in [1.82, 2.24) is 15.8 Å². The van der Waals surface area contributed by atoms with Gasteiger partial charge in [0.25, 0.3) is 20.1 Å². The van der Waals surface area contributed by atoms with Gasteiger partial charge in [-0.3, -0.25) is 19.4 Å². The first-order valence-electron chi connectivity index (χ1n) is 14.3. The van der Waals surface area contributed by atoms with E-state index in [2.05, 4.69) is 31.5 Å². The summed E-state index contributed by atoms with van der Waals surface area (Å²) in [5, 5.41) is 15.9. The molecule has 2 aromatic rings. The van der Waals surface area contributed by atoms with Gasteiger partial charge in [-0.2, -0.15) is 0 Å². The quantitative estimate of drug-likeness (QED) is 0.112. The number of allylic oxidation sites excluding steroid dienone is 1. The first-order valence-corrected chi connectivity index (χ1v) is 17.3. The van der Waals surface area contributed by atoms with Crippen LogP contribution in [0.1, 0.15) is 47.5 Å². The van der Waals surface area contributed by atoms with E-state index >= 15 is 0 Å². The lowest BCUT2D eigenvalue weighted by Gasteiger charge is -2.44. The molecule has 1 fully saturated rings. The monoisotopic (exact) mass is 683 g/mol. The molecule has 1 aliphatic rings. The van der Waals surface area contributed by atoms with Gasteiger partial charge in [0, 0.05) is 6.54 Å². The van der Waals surface area contributed by atoms with Crippen LogP contribution in [0.5, 0.6) is 0 Å². The van der Waals surface area contributed by atoms with Crippen molar-refractivity contribution in [3.8, 4) is 0 Å². The molecule has 1 aliphatic heterocycles. The second kappa shape index (κ2) is 15.1. The van der Waals surface area contributed by atoms with E-state index < -0.39 is 59.4 Å². The van der Waals surface area contributed by atoms with Crippen molar-refractivity contribution in [2.45, 2.75) is 68.4 Å². The average molecular weight is 685 g/mol. The number of hydrogen-bond donors (Lipinski definition) is 3. The lowest BCUT2D eigenvalue weighted by atomic mass is 10.1. The van der Waals surface area contributed by atoms with E-state index in [1.54, 1.807) is 13.8 Å². The average Bonchev–Trinajstić information content (AvgIpc) is 2.98. The van der Waals surface area contributed by atoms with Gasteiger partial charge in [-0.05, 0) is 47.7 Å². The zero-order valence-corrected chi connectivity index (χ0v) is 28.8. The van der Waals surface area contributed by atoms with E-state index in [4.69, 9.17) is 44.0 Å². The molecule has 1 heterocycles. The minimum Gasteiger partial charge on any atom is -0.503 e. The summed E-state index contributed by atoms with van der Waals surface area (Å²) in [6, 6.07) is 17.7. The molecule has 2 amide bonds. The molecule has 0 aliphatic carbocycles. The molecule has 3 N–H and O–H groups in total. The highest BCUT2D eigenvalue weighted by Gasteiger charge is 2.51. The van der Waals surface area contributed by atoms with Crippen molar-refractivity contribution in [2.24, 2.45) is 0 Å². The molecular formula is C31H40Cl3N3O6Si. The lowest BCUT2D eigenvalue weighted by molar-refractivity contribution is -0.153. The Kier molecular flexibility index (Phi) is 12.3. The molecule has 9 nitrogen and oxygen atoms in total. The van der Waals surface area contributed by atoms with Crippen LogP contribution in [-0.4, -0.2) is 71.9 Å². The Labute approximate surface area is 274 Å². The molecule has 1 saturated heterocycles. The number of benzene rings is 2. The van der Waals surface area contributed by atoms with Gasteiger partial charge in [0.2, 0.25) is 3.79 Å². The Hall–Kier alpha value is -2.60. The first-order chi connectivity index (χ1) is 20.6. The first kappa shape index (κ1) is 35.9. The number of esters is 1. The standard InChI is InChI=1S/C31H40Cl3N3O6Si/c1-21(2)26(38)27(39)35-25(28(40)37-18-12-17-24(36-37)29(41)42-20-31(32,33)34)19-43-44(30(3,4)5,22-13-8-6-9-14-22)23-15-10-7-11-16-23/h6-11,13-16,24-25,36,38H,12,17-20H2,1-5H3,(H,35,39)/t24-,25-/m0/s1. The Balaban J connectivity index is 1.97. The maximum absolute atomic E-state index is 14.0. The number of carbonyl (C=O) groups excluding carboxylic acids is 3. The number of amides is 2. The number of halogens is 3. The fourth-order valence-corrected chi connectivity index (χ4v) is 9.89. The van der Waals surface area contributed by atoms with Crippen molar-refractivity contribution >= 4 is 71.3 Å². The van der Waals surface area contributed by atoms with Crippen molar-refractivity contribution in [3.05, 3.63) is 72.0 Å². The molecular weight excluding hydrogens is 645 g/mol. The Morgan fingerprint density at radius 1 is 1.02 bits per heavy atom. The fraction of sp³-hybridized carbons (Fsp3) is 0.452. The summed E-state index contributed by atoms with van der Waals surface area (Å²) in [5.41, 5.74) is 3.28. The van der Waals surface area contributed by atoms with Crippen molar-refractivity contribution in [3.63, 3.8) is 0 Å². The zero-order chi connectivity index (χ0) is 32.7. The molecule has 0 saturated carbocycles. The molecule has 0 spiro atoms. The second-order valence-electron chi connectivity index (χ2n) is 11.9. The van der Waals surface area contributed by atoms with Crippen molar-refractivity contribution in [1.29, 1.82) is 0 Å². The van der Waals surface area contributed by atoms with Crippen LogP contribution in [0.2, 0.25) is 5.04 Å². The molecule has 0 aromatic heterocycles. The summed E-state index contributed by atoms with van der Waals surface area (Å²) in [6.07, 6.45) is 0.859.